The number of benzene rings is 1. The summed E-state index contributed by atoms with van der Waals surface area (Å²) in [6, 6.07) is 15.0. The SMILES string of the molecule is CCC(=O)c1ccc2c(c1)nc(-c1ccccn1)n2[C@@H]1CCC[C@@H](CC(=O)c2ccc(N=O)s2)C1. The highest BCUT2D eigenvalue weighted by Crippen LogP contribution is 2.40. The molecule has 1 saturated carbocycles. The van der Waals surface area contributed by atoms with Crippen molar-refractivity contribution in [1.82, 2.24) is 14.5 Å². The maximum absolute atomic E-state index is 12.9. The Morgan fingerprint density at radius 1 is 1.11 bits per heavy atom. The smallest absolute Gasteiger partial charge is 0.173 e. The molecule has 0 spiro atoms. The Morgan fingerprint density at radius 3 is 2.74 bits per heavy atom. The molecule has 8 heteroatoms. The van der Waals surface area contributed by atoms with Gasteiger partial charge in [0.2, 0.25) is 0 Å². The minimum Gasteiger partial charge on any atom is -0.320 e. The number of fused-ring (bicyclic) bond motifs is 1. The zero-order valence-electron chi connectivity index (χ0n) is 19.5. The molecule has 3 aromatic heterocycles. The van der Waals surface area contributed by atoms with Crippen LogP contribution in [-0.2, 0) is 0 Å². The number of nitrogens with zero attached hydrogens (tertiary/aromatic N) is 4. The normalized spacial score (nSPS) is 18.0. The Balaban J connectivity index is 1.48. The van der Waals surface area contributed by atoms with Gasteiger partial charge in [-0.2, -0.15) is 0 Å². The first-order chi connectivity index (χ1) is 17.1. The number of ketones is 2. The van der Waals surface area contributed by atoms with Crippen LogP contribution in [-0.4, -0.2) is 26.1 Å². The van der Waals surface area contributed by atoms with Crippen molar-refractivity contribution in [2.24, 2.45) is 11.1 Å². The average Bonchev–Trinajstić information content (AvgIpc) is 3.53. The molecular weight excluding hydrogens is 460 g/mol. The molecule has 0 bridgehead atoms. The number of rotatable bonds is 8. The number of carbonyl (C=O) groups is 2. The van der Waals surface area contributed by atoms with Crippen molar-refractivity contribution in [3.63, 3.8) is 0 Å². The molecule has 1 fully saturated rings. The van der Waals surface area contributed by atoms with Crippen LogP contribution < -0.4 is 0 Å². The van der Waals surface area contributed by atoms with E-state index in [2.05, 4.69) is 14.7 Å². The summed E-state index contributed by atoms with van der Waals surface area (Å²) in [5.74, 6) is 1.20. The number of Topliss-reactive ketones (excluding diaryl/α,β-unsaturated/α-hetero) is 2. The third-order valence-corrected chi connectivity index (χ3v) is 7.78. The number of pyridine rings is 1. The molecule has 3 heterocycles. The molecular formula is C27H26N4O3S. The number of aromatic nitrogens is 3. The fourth-order valence-corrected chi connectivity index (χ4v) is 5.83. The highest BCUT2D eigenvalue weighted by molar-refractivity contribution is 7.17. The van der Waals surface area contributed by atoms with E-state index in [0.29, 0.717) is 28.3 Å². The molecule has 35 heavy (non-hydrogen) atoms. The van der Waals surface area contributed by atoms with Crippen LogP contribution in [0.1, 0.15) is 71.5 Å². The van der Waals surface area contributed by atoms with Crippen molar-refractivity contribution in [2.75, 3.05) is 0 Å². The van der Waals surface area contributed by atoms with Crippen molar-refractivity contribution in [3.8, 4) is 11.5 Å². The van der Waals surface area contributed by atoms with E-state index >= 15 is 0 Å². The average molecular weight is 487 g/mol. The van der Waals surface area contributed by atoms with Crippen LogP contribution in [0.5, 0.6) is 0 Å². The van der Waals surface area contributed by atoms with E-state index in [0.717, 1.165) is 59.6 Å². The largest absolute Gasteiger partial charge is 0.320 e. The number of carbonyl (C=O) groups excluding carboxylic acids is 2. The van der Waals surface area contributed by atoms with Crippen LogP contribution in [0.3, 0.4) is 0 Å². The molecule has 4 aromatic rings. The first kappa shape index (κ1) is 23.2. The van der Waals surface area contributed by atoms with Gasteiger partial charge in [0.15, 0.2) is 22.4 Å². The van der Waals surface area contributed by atoms with Crippen molar-refractivity contribution in [1.29, 1.82) is 0 Å². The van der Waals surface area contributed by atoms with Gasteiger partial charge in [-0.15, -0.1) is 16.2 Å². The van der Waals surface area contributed by atoms with Crippen molar-refractivity contribution in [2.45, 2.75) is 51.5 Å². The number of hydrogen-bond donors (Lipinski definition) is 0. The van der Waals surface area contributed by atoms with Gasteiger partial charge in [-0.1, -0.05) is 19.4 Å². The van der Waals surface area contributed by atoms with E-state index in [-0.39, 0.29) is 23.5 Å². The predicted molar refractivity (Wildman–Crippen MR) is 137 cm³/mol. The van der Waals surface area contributed by atoms with Crippen molar-refractivity contribution < 1.29 is 9.59 Å². The molecule has 1 aliphatic carbocycles. The highest BCUT2D eigenvalue weighted by Gasteiger charge is 2.29. The van der Waals surface area contributed by atoms with Gasteiger partial charge in [-0.3, -0.25) is 14.6 Å². The highest BCUT2D eigenvalue weighted by atomic mass is 32.1. The number of thiophene rings is 1. The van der Waals surface area contributed by atoms with Gasteiger partial charge in [0, 0.05) is 30.6 Å². The fraction of sp³-hybridized carbons (Fsp3) is 0.333. The van der Waals surface area contributed by atoms with E-state index in [9.17, 15) is 14.5 Å². The molecule has 2 atom stereocenters. The number of imidazole rings is 1. The zero-order chi connectivity index (χ0) is 24.4. The third kappa shape index (κ3) is 4.71. The Morgan fingerprint density at radius 2 is 2.00 bits per heavy atom. The van der Waals surface area contributed by atoms with E-state index in [4.69, 9.17) is 4.98 Å². The van der Waals surface area contributed by atoms with E-state index in [1.807, 2.05) is 43.3 Å². The number of hydrogen-bond acceptors (Lipinski definition) is 7. The minimum absolute atomic E-state index is 0.0682. The summed E-state index contributed by atoms with van der Waals surface area (Å²) in [5.41, 5.74) is 3.23. The molecule has 0 aliphatic heterocycles. The zero-order valence-corrected chi connectivity index (χ0v) is 20.3. The van der Waals surface area contributed by atoms with Gasteiger partial charge in [-0.25, -0.2) is 4.98 Å². The maximum Gasteiger partial charge on any atom is 0.173 e. The molecule has 0 radical (unpaired) electrons. The van der Waals surface area contributed by atoms with Crippen molar-refractivity contribution >= 4 is 38.9 Å². The summed E-state index contributed by atoms with van der Waals surface area (Å²) in [7, 11) is 0. The molecule has 7 nitrogen and oxygen atoms in total. The molecule has 0 N–H and O–H groups in total. The molecule has 0 amide bonds. The van der Waals surface area contributed by atoms with Crippen LogP contribution in [0.25, 0.3) is 22.6 Å². The summed E-state index contributed by atoms with van der Waals surface area (Å²) in [4.78, 5) is 46.0. The Bertz CT molecular complexity index is 1390. The lowest BCUT2D eigenvalue weighted by atomic mass is 9.82. The summed E-state index contributed by atoms with van der Waals surface area (Å²) in [6.45, 7) is 1.86. The Labute approximate surface area is 207 Å². The van der Waals surface area contributed by atoms with Gasteiger partial charge in [-0.05, 0) is 72.8 Å². The van der Waals surface area contributed by atoms with Crippen LogP contribution in [0, 0.1) is 10.8 Å². The molecule has 0 unspecified atom stereocenters. The lowest BCUT2D eigenvalue weighted by Gasteiger charge is -2.31. The molecule has 0 saturated heterocycles. The molecule has 5 rings (SSSR count). The maximum atomic E-state index is 12.9. The van der Waals surface area contributed by atoms with Gasteiger partial charge in [0.25, 0.3) is 0 Å². The van der Waals surface area contributed by atoms with Gasteiger partial charge < -0.3 is 4.57 Å². The van der Waals surface area contributed by atoms with Crippen LogP contribution in [0.4, 0.5) is 5.00 Å². The fourth-order valence-electron chi connectivity index (χ4n) is 5.09. The minimum atomic E-state index is 0.0682. The molecule has 1 aromatic carbocycles. The van der Waals surface area contributed by atoms with E-state index < -0.39 is 0 Å². The van der Waals surface area contributed by atoms with Crippen LogP contribution in [0.2, 0.25) is 0 Å². The van der Waals surface area contributed by atoms with Crippen molar-refractivity contribution in [3.05, 3.63) is 70.1 Å². The quantitative estimate of drug-likeness (QED) is 0.195. The Kier molecular flexibility index (Phi) is 6.63. The first-order valence-electron chi connectivity index (χ1n) is 12.0. The number of nitroso groups, excluding NO2 is 1. The van der Waals surface area contributed by atoms with Gasteiger partial charge >= 0.3 is 0 Å². The first-order valence-corrected chi connectivity index (χ1v) is 12.8. The van der Waals surface area contributed by atoms with E-state index in [1.54, 1.807) is 18.3 Å². The Hall–Kier alpha value is -3.52. The second-order valence-electron chi connectivity index (χ2n) is 9.04. The topological polar surface area (TPSA) is 94.3 Å². The van der Waals surface area contributed by atoms with Gasteiger partial charge in [0.1, 0.15) is 5.69 Å². The third-order valence-electron chi connectivity index (χ3n) is 6.78. The molecule has 1 aliphatic rings. The van der Waals surface area contributed by atoms with Gasteiger partial charge in [0.05, 0.1) is 15.9 Å². The monoisotopic (exact) mass is 486 g/mol. The summed E-state index contributed by atoms with van der Waals surface area (Å²) in [5, 5.41) is 3.27. The molecule has 178 valence electrons. The summed E-state index contributed by atoms with van der Waals surface area (Å²) in [6.07, 6.45) is 6.52. The second-order valence-corrected chi connectivity index (χ2v) is 10.1. The summed E-state index contributed by atoms with van der Waals surface area (Å²) >= 11 is 1.16. The second kappa shape index (κ2) is 10.00. The lowest BCUT2D eigenvalue weighted by molar-refractivity contribution is 0.0944. The lowest BCUT2D eigenvalue weighted by Crippen LogP contribution is -2.22. The van der Waals surface area contributed by atoms with E-state index in [1.165, 1.54) is 0 Å². The summed E-state index contributed by atoms with van der Waals surface area (Å²) < 4.78 is 2.26. The predicted octanol–water partition coefficient (Wildman–Crippen LogP) is 7.15. The van der Waals surface area contributed by atoms with Crippen LogP contribution in [0.15, 0.2) is 59.9 Å². The standard InChI is InChI=1S/C27H26N4O3S/c1-2-23(32)18-9-10-22-21(16-18)29-27(20-8-3-4-13-28-20)31(22)19-7-5-6-17(14-19)15-24(33)25-11-12-26(30-34)35-25/h3-4,8-13,16-17,19H,2,5-7,14-15H2,1H3/t17-,19-/m1/s1. The van der Waals surface area contributed by atoms with Crippen LogP contribution >= 0.6 is 11.3 Å².